The van der Waals surface area contributed by atoms with Crippen LogP contribution in [-0.2, 0) is 9.47 Å². The van der Waals surface area contributed by atoms with E-state index in [4.69, 9.17) is 9.47 Å². The lowest BCUT2D eigenvalue weighted by molar-refractivity contribution is -0.384. The summed E-state index contributed by atoms with van der Waals surface area (Å²) in [7, 11) is 0. The third-order valence-corrected chi connectivity index (χ3v) is 6.12. The van der Waals surface area contributed by atoms with E-state index < -0.39 is 4.92 Å². The molecule has 11 heteroatoms. The number of carbonyl (C=O) groups excluding carboxylic acids is 1. The van der Waals surface area contributed by atoms with Crippen molar-refractivity contribution in [3.05, 3.63) is 34.4 Å². The molecular weight excluding hydrogens is 428 g/mol. The Labute approximate surface area is 185 Å². The van der Waals surface area contributed by atoms with E-state index in [2.05, 4.69) is 15.5 Å². The zero-order valence-electron chi connectivity index (χ0n) is 17.0. The molecule has 9 nitrogen and oxygen atoms in total. The summed E-state index contributed by atoms with van der Waals surface area (Å²) in [5, 5.41) is 16.2. The molecule has 0 bridgehead atoms. The van der Waals surface area contributed by atoms with Gasteiger partial charge in [0.15, 0.2) is 0 Å². The standard InChI is InChI=1S/C19H30N4O5S2/c24-19(21-17-1-3-18(4-2-17)23(25)26)20-5-6-22-7-13-29-15-11-27-9-10-28-12-16-30-14-8-22/h1-4H,5-16H2,(H2,20,21,24). The number of hydrogen-bond acceptors (Lipinski definition) is 8. The lowest BCUT2D eigenvalue weighted by Crippen LogP contribution is -2.38. The summed E-state index contributed by atoms with van der Waals surface area (Å²) in [6.45, 7) is 6.03. The number of thioether (sulfide) groups is 2. The SMILES string of the molecule is O=C(NCCN1CCSCCOCCOCCSCC1)Nc1ccc([N+](=O)[O-])cc1. The van der Waals surface area contributed by atoms with Gasteiger partial charge in [-0.3, -0.25) is 15.0 Å². The Balaban J connectivity index is 1.69. The summed E-state index contributed by atoms with van der Waals surface area (Å²) < 4.78 is 11.1. The van der Waals surface area contributed by atoms with E-state index in [9.17, 15) is 14.9 Å². The highest BCUT2D eigenvalue weighted by Gasteiger charge is 2.09. The smallest absolute Gasteiger partial charge is 0.319 e. The van der Waals surface area contributed by atoms with Crippen LogP contribution < -0.4 is 10.6 Å². The topological polar surface area (TPSA) is 106 Å². The fourth-order valence-corrected chi connectivity index (χ4v) is 4.31. The normalized spacial score (nSPS) is 18.0. The first-order valence-corrected chi connectivity index (χ1v) is 12.3. The Morgan fingerprint density at radius 1 is 1.00 bits per heavy atom. The minimum atomic E-state index is -0.470. The van der Waals surface area contributed by atoms with E-state index in [0.29, 0.717) is 25.4 Å². The lowest BCUT2D eigenvalue weighted by Gasteiger charge is -2.22. The second-order valence-electron chi connectivity index (χ2n) is 6.48. The maximum absolute atomic E-state index is 12.1. The van der Waals surface area contributed by atoms with Gasteiger partial charge >= 0.3 is 6.03 Å². The predicted octanol–water partition coefficient (Wildman–Crippen LogP) is 2.53. The van der Waals surface area contributed by atoms with E-state index >= 15 is 0 Å². The maximum atomic E-state index is 12.1. The van der Waals surface area contributed by atoms with Crippen molar-refractivity contribution < 1.29 is 19.2 Å². The van der Waals surface area contributed by atoms with Crippen molar-refractivity contribution in [1.29, 1.82) is 0 Å². The number of urea groups is 1. The van der Waals surface area contributed by atoms with Crippen molar-refractivity contribution in [2.75, 3.05) is 80.9 Å². The van der Waals surface area contributed by atoms with Gasteiger partial charge in [-0.15, -0.1) is 0 Å². The number of nitro benzene ring substituents is 1. The van der Waals surface area contributed by atoms with Crippen molar-refractivity contribution in [1.82, 2.24) is 10.2 Å². The van der Waals surface area contributed by atoms with Crippen LogP contribution >= 0.6 is 23.5 Å². The van der Waals surface area contributed by atoms with E-state index in [1.165, 1.54) is 24.3 Å². The van der Waals surface area contributed by atoms with Gasteiger partial charge in [-0.2, -0.15) is 23.5 Å². The Morgan fingerprint density at radius 2 is 1.60 bits per heavy atom. The number of benzene rings is 1. The van der Waals surface area contributed by atoms with Crippen LogP contribution in [0.15, 0.2) is 24.3 Å². The number of amides is 2. The van der Waals surface area contributed by atoms with Gasteiger partial charge in [0.25, 0.3) is 5.69 Å². The second-order valence-corrected chi connectivity index (χ2v) is 8.93. The van der Waals surface area contributed by atoms with Gasteiger partial charge in [-0.1, -0.05) is 0 Å². The number of rotatable bonds is 5. The van der Waals surface area contributed by atoms with Crippen LogP contribution in [-0.4, -0.2) is 91.5 Å². The van der Waals surface area contributed by atoms with Crippen LogP contribution in [0.2, 0.25) is 0 Å². The summed E-state index contributed by atoms with van der Waals surface area (Å²) >= 11 is 3.74. The van der Waals surface area contributed by atoms with Crippen molar-refractivity contribution in [2.24, 2.45) is 0 Å². The molecule has 1 heterocycles. The first-order chi connectivity index (χ1) is 14.6. The van der Waals surface area contributed by atoms with Gasteiger partial charge in [0.2, 0.25) is 0 Å². The molecule has 2 rings (SSSR count). The number of anilines is 1. The number of non-ortho nitro benzene ring substituents is 1. The predicted molar refractivity (Wildman–Crippen MR) is 123 cm³/mol. The lowest BCUT2D eigenvalue weighted by atomic mass is 10.3. The van der Waals surface area contributed by atoms with Gasteiger partial charge in [0.1, 0.15) is 0 Å². The molecule has 0 radical (unpaired) electrons. The molecule has 0 aliphatic carbocycles. The maximum Gasteiger partial charge on any atom is 0.319 e. The number of nitrogens with one attached hydrogen (secondary N) is 2. The molecule has 2 amide bonds. The number of hydrogen-bond donors (Lipinski definition) is 2. The zero-order valence-corrected chi connectivity index (χ0v) is 18.7. The minimum Gasteiger partial charge on any atom is -0.378 e. The molecule has 0 spiro atoms. The summed E-state index contributed by atoms with van der Waals surface area (Å²) in [5.74, 6) is 4.00. The summed E-state index contributed by atoms with van der Waals surface area (Å²) in [6.07, 6.45) is 0. The molecule has 1 aromatic carbocycles. The third-order valence-electron chi connectivity index (χ3n) is 4.27. The number of ether oxygens (including phenoxy) is 2. The average Bonchev–Trinajstić information content (AvgIpc) is 2.74. The first kappa shape index (κ1) is 24.7. The van der Waals surface area contributed by atoms with Crippen LogP contribution in [0.5, 0.6) is 0 Å². The molecule has 1 aliphatic rings. The molecule has 1 aliphatic heterocycles. The highest BCUT2D eigenvalue weighted by atomic mass is 32.2. The number of nitrogens with zero attached hydrogens (tertiary/aromatic N) is 2. The van der Waals surface area contributed by atoms with Crippen LogP contribution in [0.1, 0.15) is 0 Å². The number of carbonyl (C=O) groups is 1. The van der Waals surface area contributed by atoms with Crippen molar-refractivity contribution in [2.45, 2.75) is 0 Å². The van der Waals surface area contributed by atoms with Gasteiger partial charge < -0.3 is 20.1 Å². The molecule has 2 N–H and O–H groups in total. The van der Waals surface area contributed by atoms with Gasteiger partial charge in [-0.25, -0.2) is 4.79 Å². The quantitative estimate of drug-likeness (QED) is 0.512. The van der Waals surface area contributed by atoms with Crippen molar-refractivity contribution >= 4 is 40.9 Å². The molecule has 0 atom stereocenters. The van der Waals surface area contributed by atoms with Gasteiger partial charge in [0.05, 0.1) is 31.4 Å². The first-order valence-electron chi connectivity index (χ1n) is 9.98. The highest BCUT2D eigenvalue weighted by molar-refractivity contribution is 7.99. The molecule has 0 aromatic heterocycles. The third kappa shape index (κ3) is 11.0. The van der Waals surface area contributed by atoms with Crippen LogP contribution in [0.3, 0.4) is 0 Å². The van der Waals surface area contributed by atoms with E-state index in [-0.39, 0.29) is 11.7 Å². The summed E-state index contributed by atoms with van der Waals surface area (Å²) in [6, 6.07) is 5.44. The second kappa shape index (κ2) is 15.3. The molecule has 1 fully saturated rings. The van der Waals surface area contributed by atoms with E-state index in [0.717, 1.165) is 55.9 Å². The summed E-state index contributed by atoms with van der Waals surface area (Å²) in [4.78, 5) is 24.6. The van der Waals surface area contributed by atoms with Crippen LogP contribution in [0.25, 0.3) is 0 Å². The Kier molecular flexibility index (Phi) is 12.6. The van der Waals surface area contributed by atoms with Gasteiger partial charge in [0, 0.05) is 67.0 Å². The average molecular weight is 459 g/mol. The van der Waals surface area contributed by atoms with Crippen molar-refractivity contribution in [3.8, 4) is 0 Å². The largest absolute Gasteiger partial charge is 0.378 e. The minimum absolute atomic E-state index is 0.00734. The van der Waals surface area contributed by atoms with Crippen LogP contribution in [0, 0.1) is 10.1 Å². The van der Waals surface area contributed by atoms with Crippen molar-refractivity contribution in [3.63, 3.8) is 0 Å². The zero-order chi connectivity index (χ0) is 21.4. The molecular formula is C19H30N4O5S2. The fourth-order valence-electron chi connectivity index (χ4n) is 2.65. The summed E-state index contributed by atoms with van der Waals surface area (Å²) in [5.41, 5.74) is 0.511. The fraction of sp³-hybridized carbons (Fsp3) is 0.632. The highest BCUT2D eigenvalue weighted by Crippen LogP contribution is 2.15. The van der Waals surface area contributed by atoms with Crippen LogP contribution in [0.4, 0.5) is 16.2 Å². The van der Waals surface area contributed by atoms with E-state index in [1.54, 1.807) is 0 Å². The Morgan fingerprint density at radius 3 is 2.17 bits per heavy atom. The molecule has 30 heavy (non-hydrogen) atoms. The molecule has 168 valence electrons. The number of nitro groups is 1. The Hall–Kier alpha value is -1.53. The molecule has 1 saturated heterocycles. The molecule has 0 unspecified atom stereocenters. The van der Waals surface area contributed by atoms with E-state index in [1.807, 2.05) is 23.5 Å². The van der Waals surface area contributed by atoms with Gasteiger partial charge in [-0.05, 0) is 12.1 Å². The monoisotopic (exact) mass is 458 g/mol. The molecule has 1 aromatic rings. The molecule has 0 saturated carbocycles. The Bertz CT molecular complexity index is 620.